The first kappa shape index (κ1) is 11.4. The smallest absolute Gasteiger partial charge is 0.346 e. The van der Waals surface area contributed by atoms with E-state index in [-0.39, 0.29) is 17.7 Å². The Morgan fingerprint density at radius 2 is 2.19 bits per heavy atom. The molecule has 0 bridgehead atoms. The van der Waals surface area contributed by atoms with Crippen LogP contribution in [0.1, 0.15) is 33.1 Å². The minimum atomic E-state index is -0.289. The Morgan fingerprint density at radius 3 is 2.69 bits per heavy atom. The second-order valence-electron chi connectivity index (χ2n) is 5.14. The molecular weight excluding hydrogens is 206 g/mol. The van der Waals surface area contributed by atoms with Gasteiger partial charge in [0.05, 0.1) is 11.6 Å². The van der Waals surface area contributed by atoms with E-state index in [0.717, 1.165) is 12.8 Å². The number of carbonyl (C=O) groups is 1. The maximum absolute atomic E-state index is 11.7. The van der Waals surface area contributed by atoms with Gasteiger partial charge in [-0.3, -0.25) is 0 Å². The maximum atomic E-state index is 11.7. The first-order valence-corrected chi connectivity index (χ1v) is 5.66. The van der Waals surface area contributed by atoms with Crippen LogP contribution < -0.4 is 5.73 Å². The zero-order chi connectivity index (χ0) is 11.9. The van der Waals surface area contributed by atoms with Crippen molar-refractivity contribution in [2.45, 2.75) is 50.8 Å². The lowest BCUT2D eigenvalue weighted by Crippen LogP contribution is -2.46. The van der Waals surface area contributed by atoms with Crippen molar-refractivity contribution in [3.63, 3.8) is 0 Å². The molecule has 1 aliphatic heterocycles. The predicted molar refractivity (Wildman–Crippen MR) is 61.4 cm³/mol. The van der Waals surface area contributed by atoms with Gasteiger partial charge in [0, 0.05) is 19.6 Å². The number of rotatable bonds is 4. The summed E-state index contributed by atoms with van der Waals surface area (Å²) in [5.74, 6) is 0.432. The normalized spacial score (nSPS) is 26.2. The predicted octanol–water partition coefficient (Wildman–Crippen LogP) is 1.13. The van der Waals surface area contributed by atoms with Crippen molar-refractivity contribution in [3.8, 4) is 0 Å². The number of methoxy groups -OCH3 is 1. The number of amides is 2. The fourth-order valence-electron chi connectivity index (χ4n) is 2.03. The second kappa shape index (κ2) is 3.73. The number of hydrogen-bond acceptors (Lipinski definition) is 3. The van der Waals surface area contributed by atoms with Crippen LogP contribution in [0.2, 0.25) is 0 Å². The first-order valence-electron chi connectivity index (χ1n) is 5.66. The summed E-state index contributed by atoms with van der Waals surface area (Å²) in [6.45, 7) is 3.99. The van der Waals surface area contributed by atoms with Crippen LogP contribution >= 0.6 is 0 Å². The van der Waals surface area contributed by atoms with Crippen LogP contribution in [0.5, 0.6) is 0 Å². The number of urea groups is 1. The maximum Gasteiger partial charge on any atom is 0.346 e. The summed E-state index contributed by atoms with van der Waals surface area (Å²) in [6, 6.07) is 0.0711. The highest BCUT2D eigenvalue weighted by Crippen LogP contribution is 2.34. The average Bonchev–Trinajstić information content (AvgIpc) is 2.97. The number of nitrogens with two attached hydrogens (primary N) is 1. The molecule has 1 aliphatic carbocycles. The largest absolute Gasteiger partial charge is 0.385 e. The van der Waals surface area contributed by atoms with Gasteiger partial charge in [0.15, 0.2) is 0 Å². The lowest BCUT2D eigenvalue weighted by atomic mass is 9.97. The van der Waals surface area contributed by atoms with E-state index in [4.69, 9.17) is 10.5 Å². The average molecular weight is 225 g/mol. The minimum absolute atomic E-state index is 0.0880. The van der Waals surface area contributed by atoms with Crippen molar-refractivity contribution in [3.05, 3.63) is 0 Å². The molecule has 0 aromatic carbocycles. The zero-order valence-corrected chi connectivity index (χ0v) is 10.1. The quantitative estimate of drug-likeness (QED) is 0.779. The number of nitrogens with zero attached hydrogens (tertiary/aromatic N) is 2. The Labute approximate surface area is 95.6 Å². The molecule has 1 saturated carbocycles. The summed E-state index contributed by atoms with van der Waals surface area (Å²) >= 11 is 0. The topological polar surface area (TPSA) is 67.9 Å². The molecule has 90 valence electrons. The molecule has 16 heavy (non-hydrogen) atoms. The van der Waals surface area contributed by atoms with Crippen LogP contribution in [0.15, 0.2) is 4.99 Å². The van der Waals surface area contributed by atoms with Gasteiger partial charge < -0.3 is 15.4 Å². The van der Waals surface area contributed by atoms with Crippen LogP contribution in [-0.4, -0.2) is 41.6 Å². The van der Waals surface area contributed by atoms with Gasteiger partial charge in [-0.1, -0.05) is 0 Å². The van der Waals surface area contributed by atoms with Gasteiger partial charge in [-0.25, -0.2) is 4.79 Å². The summed E-state index contributed by atoms with van der Waals surface area (Å²) in [5, 5.41) is 0. The summed E-state index contributed by atoms with van der Waals surface area (Å²) in [7, 11) is 1.67. The summed E-state index contributed by atoms with van der Waals surface area (Å²) < 4.78 is 5.38. The molecule has 0 aromatic rings. The number of carbonyl (C=O) groups excluding carboxylic acids is 1. The fourth-order valence-corrected chi connectivity index (χ4v) is 2.03. The van der Waals surface area contributed by atoms with Crippen LogP contribution in [0.25, 0.3) is 0 Å². The third kappa shape index (κ3) is 2.04. The van der Waals surface area contributed by atoms with Gasteiger partial charge in [0.2, 0.25) is 0 Å². The van der Waals surface area contributed by atoms with Gasteiger partial charge >= 0.3 is 6.03 Å². The fraction of sp³-hybridized carbons (Fsp3) is 0.818. The molecule has 1 unspecified atom stereocenters. The Hall–Kier alpha value is -1.10. The summed E-state index contributed by atoms with van der Waals surface area (Å²) in [5.41, 5.74) is 5.53. The molecule has 5 nitrogen and oxygen atoms in total. The van der Waals surface area contributed by atoms with Crippen molar-refractivity contribution in [2.75, 3.05) is 7.11 Å². The highest BCUT2D eigenvalue weighted by atomic mass is 16.5. The molecular formula is C11H19N3O2. The molecule has 0 radical (unpaired) electrons. The molecule has 2 aliphatic rings. The van der Waals surface area contributed by atoms with Crippen molar-refractivity contribution in [1.82, 2.24) is 4.90 Å². The Bertz CT molecular complexity index is 334. The number of ether oxygens (including phenoxy) is 1. The Morgan fingerprint density at radius 1 is 1.56 bits per heavy atom. The molecule has 2 N–H and O–H groups in total. The third-order valence-corrected chi connectivity index (χ3v) is 3.30. The van der Waals surface area contributed by atoms with Gasteiger partial charge in [-0.2, -0.15) is 4.99 Å². The van der Waals surface area contributed by atoms with E-state index in [1.165, 1.54) is 0 Å². The van der Waals surface area contributed by atoms with Crippen molar-refractivity contribution >= 4 is 11.9 Å². The van der Waals surface area contributed by atoms with E-state index >= 15 is 0 Å². The lowest BCUT2D eigenvalue weighted by Gasteiger charge is -2.31. The molecule has 0 aromatic heterocycles. The highest BCUT2D eigenvalue weighted by Gasteiger charge is 2.44. The van der Waals surface area contributed by atoms with Crippen LogP contribution in [0, 0.1) is 0 Å². The SMILES string of the molecule is COC(C)(C)CC1C(N)=NC(=O)N1C1CC1. The third-order valence-electron chi connectivity index (χ3n) is 3.30. The number of amidine groups is 1. The first-order chi connectivity index (χ1) is 7.44. The van der Waals surface area contributed by atoms with Gasteiger partial charge in [0.25, 0.3) is 0 Å². The summed E-state index contributed by atoms with van der Waals surface area (Å²) in [6.07, 6.45) is 2.83. The van der Waals surface area contributed by atoms with E-state index in [0.29, 0.717) is 18.3 Å². The molecule has 0 spiro atoms. The minimum Gasteiger partial charge on any atom is -0.385 e. The van der Waals surface area contributed by atoms with Gasteiger partial charge in [0.1, 0.15) is 5.84 Å². The van der Waals surface area contributed by atoms with E-state index < -0.39 is 0 Å². The molecule has 0 saturated heterocycles. The van der Waals surface area contributed by atoms with E-state index in [1.54, 1.807) is 7.11 Å². The van der Waals surface area contributed by atoms with Crippen molar-refractivity contribution in [1.29, 1.82) is 0 Å². The highest BCUT2D eigenvalue weighted by molar-refractivity contribution is 6.03. The summed E-state index contributed by atoms with van der Waals surface area (Å²) in [4.78, 5) is 17.3. The van der Waals surface area contributed by atoms with Crippen LogP contribution in [-0.2, 0) is 4.74 Å². The molecule has 1 fully saturated rings. The molecule has 2 rings (SSSR count). The van der Waals surface area contributed by atoms with Crippen LogP contribution in [0.4, 0.5) is 4.79 Å². The van der Waals surface area contributed by atoms with Crippen LogP contribution in [0.3, 0.4) is 0 Å². The van der Waals surface area contributed by atoms with Gasteiger partial charge in [-0.05, 0) is 26.7 Å². The molecule has 1 heterocycles. The Balaban J connectivity index is 2.11. The molecule has 1 atom stereocenters. The number of aliphatic imine (C=N–C) groups is 1. The standard InChI is InChI=1S/C11H19N3O2/c1-11(2,16-3)6-8-9(12)13-10(15)14(8)7-4-5-7/h7-8H,4-6H2,1-3H3,(H2,12,13,15). The molecule has 5 heteroatoms. The van der Waals surface area contributed by atoms with Crippen molar-refractivity contribution in [2.24, 2.45) is 10.7 Å². The molecule has 2 amide bonds. The lowest BCUT2D eigenvalue weighted by molar-refractivity contribution is 0.00485. The van der Waals surface area contributed by atoms with E-state index in [1.807, 2.05) is 18.7 Å². The van der Waals surface area contributed by atoms with E-state index in [2.05, 4.69) is 4.99 Å². The Kier molecular flexibility index (Phi) is 2.66. The van der Waals surface area contributed by atoms with Crippen molar-refractivity contribution < 1.29 is 9.53 Å². The van der Waals surface area contributed by atoms with Gasteiger partial charge in [-0.15, -0.1) is 0 Å². The van der Waals surface area contributed by atoms with E-state index in [9.17, 15) is 4.79 Å². The monoisotopic (exact) mass is 225 g/mol. The zero-order valence-electron chi connectivity index (χ0n) is 10.1. The second-order valence-corrected chi connectivity index (χ2v) is 5.14. The number of hydrogen-bond donors (Lipinski definition) is 1.